The maximum absolute atomic E-state index is 13.0. The van der Waals surface area contributed by atoms with E-state index in [2.05, 4.69) is 5.32 Å². The highest BCUT2D eigenvalue weighted by Gasteiger charge is 2.32. The molecule has 0 radical (unpaired) electrons. The third-order valence-corrected chi connectivity index (χ3v) is 3.56. The molecule has 0 heterocycles. The number of aliphatic hydroxyl groups is 1. The van der Waals surface area contributed by atoms with Crippen molar-refractivity contribution in [2.45, 2.75) is 37.8 Å². The highest BCUT2D eigenvalue weighted by atomic mass is 19.1. The zero-order valence-corrected chi connectivity index (χ0v) is 9.75. The van der Waals surface area contributed by atoms with Gasteiger partial charge in [0.25, 0.3) is 0 Å². The molecule has 0 saturated heterocycles. The molecule has 17 heavy (non-hydrogen) atoms. The zero-order valence-electron chi connectivity index (χ0n) is 9.75. The van der Waals surface area contributed by atoms with Crippen LogP contribution in [0.3, 0.4) is 0 Å². The van der Waals surface area contributed by atoms with E-state index in [0.29, 0.717) is 12.1 Å². The summed E-state index contributed by atoms with van der Waals surface area (Å²) in [5.41, 5.74) is 0.281. The van der Waals surface area contributed by atoms with Gasteiger partial charge in [-0.2, -0.15) is 0 Å². The first kappa shape index (κ1) is 12.3. The van der Waals surface area contributed by atoms with E-state index in [9.17, 15) is 14.6 Å². The van der Waals surface area contributed by atoms with Crippen LogP contribution < -0.4 is 5.32 Å². The number of phenols is 1. The molecule has 2 rings (SSSR count). The second-order valence-electron chi connectivity index (χ2n) is 4.77. The predicted molar refractivity (Wildman–Crippen MR) is 63.2 cm³/mol. The summed E-state index contributed by atoms with van der Waals surface area (Å²) in [4.78, 5) is 0. The summed E-state index contributed by atoms with van der Waals surface area (Å²) in [5, 5.41) is 22.3. The van der Waals surface area contributed by atoms with Crippen molar-refractivity contribution in [1.29, 1.82) is 0 Å². The van der Waals surface area contributed by atoms with Gasteiger partial charge in [0.15, 0.2) is 0 Å². The summed E-state index contributed by atoms with van der Waals surface area (Å²) < 4.78 is 13.0. The van der Waals surface area contributed by atoms with Gasteiger partial charge in [-0.05, 0) is 31.0 Å². The van der Waals surface area contributed by atoms with Crippen molar-refractivity contribution in [3.63, 3.8) is 0 Å². The smallest absolute Gasteiger partial charge is 0.123 e. The van der Waals surface area contributed by atoms with Gasteiger partial charge in [0.1, 0.15) is 11.6 Å². The van der Waals surface area contributed by atoms with E-state index in [1.165, 1.54) is 18.2 Å². The molecular formula is C13H18FNO2. The molecular weight excluding hydrogens is 221 g/mol. The number of nitrogens with one attached hydrogen (secondary N) is 1. The number of hydrogen-bond donors (Lipinski definition) is 3. The van der Waals surface area contributed by atoms with Crippen molar-refractivity contribution < 1.29 is 14.6 Å². The highest BCUT2D eigenvalue weighted by Crippen LogP contribution is 2.30. The largest absolute Gasteiger partial charge is 0.508 e. The van der Waals surface area contributed by atoms with Crippen LogP contribution in [0.2, 0.25) is 0 Å². The molecule has 1 aliphatic rings. The third kappa shape index (κ3) is 2.76. The van der Waals surface area contributed by atoms with Gasteiger partial charge in [-0.1, -0.05) is 12.8 Å². The lowest BCUT2D eigenvalue weighted by Crippen LogP contribution is -2.45. The molecule has 1 fully saturated rings. The minimum atomic E-state index is -0.357. The third-order valence-electron chi connectivity index (χ3n) is 3.56. The van der Waals surface area contributed by atoms with Crippen LogP contribution in [0.15, 0.2) is 18.2 Å². The number of benzene rings is 1. The molecule has 1 saturated carbocycles. The van der Waals surface area contributed by atoms with Gasteiger partial charge in [0.2, 0.25) is 0 Å². The molecule has 4 heteroatoms. The fourth-order valence-electron chi connectivity index (χ4n) is 2.42. The Morgan fingerprint density at radius 2 is 2.00 bits per heavy atom. The molecule has 0 unspecified atom stereocenters. The average Bonchev–Trinajstić information content (AvgIpc) is 2.80. The molecule has 0 amide bonds. The Balaban J connectivity index is 2.03. The molecule has 1 aliphatic carbocycles. The Bertz CT molecular complexity index is 389. The van der Waals surface area contributed by atoms with Crippen LogP contribution in [-0.4, -0.2) is 22.4 Å². The van der Waals surface area contributed by atoms with Crippen molar-refractivity contribution in [2.24, 2.45) is 0 Å². The first-order valence-electron chi connectivity index (χ1n) is 5.98. The molecule has 1 aromatic carbocycles. The van der Waals surface area contributed by atoms with Crippen LogP contribution in [-0.2, 0) is 6.54 Å². The summed E-state index contributed by atoms with van der Waals surface area (Å²) in [6.45, 7) is 0.466. The van der Waals surface area contributed by atoms with E-state index in [4.69, 9.17) is 0 Å². The van der Waals surface area contributed by atoms with Gasteiger partial charge in [-0.25, -0.2) is 4.39 Å². The molecule has 0 atom stereocenters. The zero-order chi connectivity index (χ0) is 12.3. The molecule has 94 valence electrons. The molecule has 1 aromatic rings. The van der Waals surface area contributed by atoms with Crippen LogP contribution in [0.25, 0.3) is 0 Å². The van der Waals surface area contributed by atoms with Gasteiger partial charge < -0.3 is 15.5 Å². The Hall–Kier alpha value is -1.13. The standard InChI is InChI=1S/C13H18FNO2/c14-11-3-4-12(17)10(7-11)8-15-13(9-16)5-1-2-6-13/h3-4,7,15-17H,1-2,5-6,8-9H2. The van der Waals surface area contributed by atoms with Crippen molar-refractivity contribution in [1.82, 2.24) is 5.32 Å². The second-order valence-corrected chi connectivity index (χ2v) is 4.77. The van der Waals surface area contributed by atoms with Gasteiger partial charge >= 0.3 is 0 Å². The number of phenolic OH excluding ortho intramolecular Hbond substituents is 1. The topological polar surface area (TPSA) is 52.5 Å². The van der Waals surface area contributed by atoms with E-state index in [-0.39, 0.29) is 23.7 Å². The van der Waals surface area contributed by atoms with E-state index in [1.54, 1.807) is 0 Å². The number of halogens is 1. The van der Waals surface area contributed by atoms with Gasteiger partial charge in [-0.3, -0.25) is 0 Å². The fourth-order valence-corrected chi connectivity index (χ4v) is 2.42. The van der Waals surface area contributed by atoms with Crippen molar-refractivity contribution in [3.05, 3.63) is 29.6 Å². The quantitative estimate of drug-likeness (QED) is 0.752. The van der Waals surface area contributed by atoms with E-state index in [0.717, 1.165) is 25.7 Å². The molecule has 3 nitrogen and oxygen atoms in total. The summed E-state index contributed by atoms with van der Waals surface area (Å²) >= 11 is 0. The minimum Gasteiger partial charge on any atom is -0.508 e. The van der Waals surface area contributed by atoms with Gasteiger partial charge in [0, 0.05) is 17.6 Å². The SMILES string of the molecule is OCC1(NCc2cc(F)ccc2O)CCCC1. The monoisotopic (exact) mass is 239 g/mol. The number of aromatic hydroxyl groups is 1. The highest BCUT2D eigenvalue weighted by molar-refractivity contribution is 5.32. The molecule has 0 aliphatic heterocycles. The molecule has 0 bridgehead atoms. The van der Waals surface area contributed by atoms with Gasteiger partial charge in [0.05, 0.1) is 6.61 Å². The summed E-state index contributed by atoms with van der Waals surface area (Å²) in [7, 11) is 0. The first-order chi connectivity index (χ1) is 8.15. The van der Waals surface area contributed by atoms with Crippen LogP contribution in [0, 0.1) is 5.82 Å². The lowest BCUT2D eigenvalue weighted by Gasteiger charge is -2.28. The Morgan fingerprint density at radius 1 is 1.29 bits per heavy atom. The Morgan fingerprint density at radius 3 is 2.65 bits per heavy atom. The minimum absolute atomic E-state index is 0.0864. The fraction of sp³-hybridized carbons (Fsp3) is 0.538. The molecule has 0 aromatic heterocycles. The van der Waals surface area contributed by atoms with Crippen LogP contribution in [0.5, 0.6) is 5.75 Å². The first-order valence-corrected chi connectivity index (χ1v) is 5.98. The Labute approximate surface area is 100 Å². The van der Waals surface area contributed by atoms with Gasteiger partial charge in [-0.15, -0.1) is 0 Å². The molecule has 0 spiro atoms. The maximum atomic E-state index is 13.0. The summed E-state index contributed by atoms with van der Waals surface area (Å²) in [6.07, 6.45) is 4.06. The number of rotatable bonds is 4. The van der Waals surface area contributed by atoms with E-state index < -0.39 is 0 Å². The maximum Gasteiger partial charge on any atom is 0.123 e. The summed E-state index contributed by atoms with van der Waals surface area (Å²) in [6, 6.07) is 3.91. The van der Waals surface area contributed by atoms with Crippen molar-refractivity contribution in [2.75, 3.05) is 6.61 Å². The Kier molecular flexibility index (Phi) is 3.64. The predicted octanol–water partition coefficient (Wildman–Crippen LogP) is 1.93. The second kappa shape index (κ2) is 5.02. The normalized spacial score (nSPS) is 18.5. The average molecular weight is 239 g/mol. The number of aliphatic hydroxyl groups excluding tert-OH is 1. The summed E-state index contributed by atoms with van der Waals surface area (Å²) in [5.74, 6) is -0.269. The van der Waals surface area contributed by atoms with Crippen molar-refractivity contribution in [3.8, 4) is 5.75 Å². The lowest BCUT2D eigenvalue weighted by atomic mass is 9.98. The van der Waals surface area contributed by atoms with Crippen LogP contribution in [0.4, 0.5) is 4.39 Å². The van der Waals surface area contributed by atoms with Crippen LogP contribution >= 0.6 is 0 Å². The van der Waals surface area contributed by atoms with Crippen LogP contribution in [0.1, 0.15) is 31.2 Å². The van der Waals surface area contributed by atoms with E-state index in [1.807, 2.05) is 0 Å². The van der Waals surface area contributed by atoms with Crippen molar-refractivity contribution >= 4 is 0 Å². The van der Waals surface area contributed by atoms with E-state index >= 15 is 0 Å². The lowest BCUT2D eigenvalue weighted by molar-refractivity contribution is 0.162. The number of hydrogen-bond acceptors (Lipinski definition) is 3. The molecule has 3 N–H and O–H groups in total.